The van der Waals surface area contributed by atoms with Gasteiger partial charge in [0.1, 0.15) is 11.4 Å². The molecule has 0 N–H and O–H groups in total. The topological polar surface area (TPSA) is 46.6 Å². The van der Waals surface area contributed by atoms with Crippen molar-refractivity contribution < 1.29 is 18.7 Å². The van der Waals surface area contributed by atoms with E-state index in [0.717, 1.165) is 17.6 Å². The molecule has 0 atom stereocenters. The van der Waals surface area contributed by atoms with Gasteiger partial charge in [0.15, 0.2) is 6.29 Å². The normalized spacial score (nSPS) is 15.1. The van der Waals surface area contributed by atoms with Crippen molar-refractivity contribution in [2.24, 2.45) is 0 Å². The number of carbonyl (C=O) groups excluding carboxylic acids is 2. The molecule has 1 aromatic carbocycles. The zero-order valence-electron chi connectivity index (χ0n) is 13.8. The average molecular weight is 319 g/mol. The van der Waals surface area contributed by atoms with Crippen LogP contribution in [0.5, 0.6) is 0 Å². The Labute approximate surface area is 135 Å². The third-order valence-electron chi connectivity index (χ3n) is 4.18. The smallest absolute Gasteiger partial charge is 0.410 e. The average Bonchev–Trinajstić information content (AvgIpc) is 2.54. The fourth-order valence-electron chi connectivity index (χ4n) is 2.29. The quantitative estimate of drug-likeness (QED) is 0.787. The second-order valence-electron chi connectivity index (χ2n) is 6.26. The van der Waals surface area contributed by atoms with E-state index in [-0.39, 0.29) is 11.7 Å². The van der Waals surface area contributed by atoms with Crippen LogP contribution in [0.2, 0.25) is 0 Å². The number of rotatable bonds is 4. The summed E-state index contributed by atoms with van der Waals surface area (Å²) in [6, 6.07) is 4.57. The second kappa shape index (κ2) is 6.94. The molecule has 0 saturated carbocycles. The first-order chi connectivity index (χ1) is 10.9. The molecule has 124 valence electrons. The van der Waals surface area contributed by atoms with Gasteiger partial charge in [-0.3, -0.25) is 4.79 Å². The van der Waals surface area contributed by atoms with E-state index in [1.165, 1.54) is 12.1 Å². The highest BCUT2D eigenvalue weighted by Crippen LogP contribution is 2.25. The Morgan fingerprint density at radius 2 is 2.17 bits per heavy atom. The first kappa shape index (κ1) is 17.2. The zero-order chi connectivity index (χ0) is 17.0. The Kier molecular flexibility index (Phi) is 5.19. The summed E-state index contributed by atoms with van der Waals surface area (Å²) >= 11 is 0. The third kappa shape index (κ3) is 4.18. The molecule has 0 fully saturated rings. The Balaban J connectivity index is 2.05. The maximum Gasteiger partial charge on any atom is 0.410 e. The van der Waals surface area contributed by atoms with Gasteiger partial charge in [-0.15, -0.1) is 0 Å². The number of nitrogens with zero attached hydrogens (tertiary/aromatic N) is 1. The fourth-order valence-corrected chi connectivity index (χ4v) is 2.29. The molecule has 1 aliphatic heterocycles. The molecule has 0 radical (unpaired) electrons. The van der Waals surface area contributed by atoms with E-state index in [9.17, 15) is 14.0 Å². The van der Waals surface area contributed by atoms with Gasteiger partial charge in [-0.1, -0.05) is 19.1 Å². The van der Waals surface area contributed by atoms with Gasteiger partial charge in [-0.25, -0.2) is 9.18 Å². The van der Waals surface area contributed by atoms with Crippen molar-refractivity contribution in [2.75, 3.05) is 13.1 Å². The van der Waals surface area contributed by atoms with Crippen LogP contribution in [0, 0.1) is 5.82 Å². The Hall–Kier alpha value is -2.17. The molecule has 1 aliphatic rings. The van der Waals surface area contributed by atoms with E-state index in [1.54, 1.807) is 11.0 Å². The van der Waals surface area contributed by atoms with Crippen LogP contribution in [-0.2, 0) is 4.74 Å². The van der Waals surface area contributed by atoms with E-state index >= 15 is 0 Å². The molecule has 0 aliphatic carbocycles. The molecule has 0 saturated heterocycles. The van der Waals surface area contributed by atoms with Crippen LogP contribution < -0.4 is 0 Å². The van der Waals surface area contributed by atoms with E-state index in [4.69, 9.17) is 4.74 Å². The lowest BCUT2D eigenvalue weighted by Crippen LogP contribution is -2.39. The van der Waals surface area contributed by atoms with Crippen molar-refractivity contribution in [3.05, 3.63) is 41.2 Å². The van der Waals surface area contributed by atoms with Gasteiger partial charge >= 0.3 is 6.09 Å². The number of carbonyl (C=O) groups is 2. The molecule has 1 amide bonds. The third-order valence-corrected chi connectivity index (χ3v) is 4.18. The lowest BCUT2D eigenvalue weighted by molar-refractivity contribution is 0.0132. The number of aldehydes is 1. The van der Waals surface area contributed by atoms with Crippen LogP contribution in [0.25, 0.3) is 5.57 Å². The van der Waals surface area contributed by atoms with Crippen LogP contribution in [-0.4, -0.2) is 36.0 Å². The minimum absolute atomic E-state index is 0.0529. The first-order valence-electron chi connectivity index (χ1n) is 7.78. The van der Waals surface area contributed by atoms with Crippen LogP contribution >= 0.6 is 0 Å². The molecule has 0 spiro atoms. The SMILES string of the molecule is CCC(C)(C)OC(=O)N1CC=C(c2ccc(C=O)c(F)c2)CC1. The lowest BCUT2D eigenvalue weighted by atomic mass is 9.98. The summed E-state index contributed by atoms with van der Waals surface area (Å²) in [5, 5.41) is 0. The van der Waals surface area contributed by atoms with Gasteiger partial charge in [0, 0.05) is 13.1 Å². The highest BCUT2D eigenvalue weighted by molar-refractivity contribution is 5.78. The molecule has 5 heteroatoms. The van der Waals surface area contributed by atoms with Gasteiger partial charge in [0.2, 0.25) is 0 Å². The largest absolute Gasteiger partial charge is 0.443 e. The predicted octanol–water partition coefficient (Wildman–Crippen LogP) is 4.05. The van der Waals surface area contributed by atoms with Crippen LogP contribution in [0.3, 0.4) is 0 Å². The van der Waals surface area contributed by atoms with Crippen LogP contribution in [0.15, 0.2) is 24.3 Å². The molecule has 1 heterocycles. The van der Waals surface area contributed by atoms with Crippen molar-refractivity contribution >= 4 is 18.0 Å². The Bertz CT molecular complexity index is 637. The van der Waals surface area contributed by atoms with Gasteiger partial charge in [-0.05, 0) is 50.0 Å². The van der Waals surface area contributed by atoms with Crippen molar-refractivity contribution in [1.82, 2.24) is 4.90 Å². The predicted molar refractivity (Wildman–Crippen MR) is 86.8 cm³/mol. The molecule has 0 bridgehead atoms. The molecular weight excluding hydrogens is 297 g/mol. The number of ether oxygens (including phenoxy) is 1. The van der Waals surface area contributed by atoms with Crippen LogP contribution in [0.4, 0.5) is 9.18 Å². The number of amides is 1. The van der Waals surface area contributed by atoms with Gasteiger partial charge in [0.05, 0.1) is 5.56 Å². The summed E-state index contributed by atoms with van der Waals surface area (Å²) in [4.78, 5) is 24.4. The number of halogens is 1. The maximum absolute atomic E-state index is 13.7. The summed E-state index contributed by atoms with van der Waals surface area (Å²) in [5.74, 6) is -0.523. The molecule has 1 aromatic rings. The monoisotopic (exact) mass is 319 g/mol. The van der Waals surface area contributed by atoms with E-state index < -0.39 is 11.4 Å². The van der Waals surface area contributed by atoms with Crippen molar-refractivity contribution in [3.63, 3.8) is 0 Å². The zero-order valence-corrected chi connectivity index (χ0v) is 13.8. The van der Waals surface area contributed by atoms with Crippen LogP contribution in [0.1, 0.15) is 49.5 Å². The molecule has 0 aromatic heterocycles. The number of benzene rings is 1. The fraction of sp³-hybridized carbons (Fsp3) is 0.444. The molecule has 23 heavy (non-hydrogen) atoms. The molecule has 2 rings (SSSR count). The summed E-state index contributed by atoms with van der Waals surface area (Å²) in [6.45, 7) is 6.70. The highest BCUT2D eigenvalue weighted by atomic mass is 19.1. The summed E-state index contributed by atoms with van der Waals surface area (Å²) in [7, 11) is 0. The number of hydrogen-bond donors (Lipinski definition) is 0. The molecular formula is C18H22FNO3. The summed E-state index contributed by atoms with van der Waals surface area (Å²) < 4.78 is 19.2. The number of hydrogen-bond acceptors (Lipinski definition) is 3. The van der Waals surface area contributed by atoms with Gasteiger partial charge < -0.3 is 9.64 Å². The summed E-state index contributed by atoms with van der Waals surface area (Å²) in [6.07, 6.45) is 3.45. The van der Waals surface area contributed by atoms with Crippen molar-refractivity contribution in [2.45, 2.75) is 39.2 Å². The molecule has 0 unspecified atom stereocenters. The Morgan fingerprint density at radius 1 is 1.43 bits per heavy atom. The van der Waals surface area contributed by atoms with E-state index in [1.807, 2.05) is 26.8 Å². The Morgan fingerprint density at radius 3 is 2.70 bits per heavy atom. The second-order valence-corrected chi connectivity index (χ2v) is 6.26. The van der Waals surface area contributed by atoms with Crippen molar-refractivity contribution in [1.29, 1.82) is 0 Å². The van der Waals surface area contributed by atoms with E-state index in [2.05, 4.69) is 0 Å². The van der Waals surface area contributed by atoms with Crippen molar-refractivity contribution in [3.8, 4) is 0 Å². The lowest BCUT2D eigenvalue weighted by Gasteiger charge is -2.31. The maximum atomic E-state index is 13.7. The standard InChI is InChI=1S/C18H22FNO3/c1-4-18(2,3)23-17(22)20-9-7-13(8-10-20)14-5-6-15(12-21)16(19)11-14/h5-7,11-12H,4,8-10H2,1-3H3. The highest BCUT2D eigenvalue weighted by Gasteiger charge is 2.26. The minimum Gasteiger partial charge on any atom is -0.443 e. The van der Waals surface area contributed by atoms with Gasteiger partial charge in [-0.2, -0.15) is 0 Å². The first-order valence-corrected chi connectivity index (χ1v) is 7.78. The minimum atomic E-state index is -0.523. The summed E-state index contributed by atoms with van der Waals surface area (Å²) in [5.41, 5.74) is 1.29. The van der Waals surface area contributed by atoms with E-state index in [0.29, 0.717) is 25.8 Å². The van der Waals surface area contributed by atoms with Gasteiger partial charge in [0.25, 0.3) is 0 Å². The molecule has 4 nitrogen and oxygen atoms in total.